The Bertz CT molecular complexity index is 473. The van der Waals surface area contributed by atoms with E-state index >= 15 is 0 Å². The maximum atomic E-state index is 12.1. The maximum Gasteiger partial charge on any atom is 0.306 e. The summed E-state index contributed by atoms with van der Waals surface area (Å²) in [4.78, 5) is 12.1. The van der Waals surface area contributed by atoms with E-state index in [0.717, 1.165) is 38.8 Å². The van der Waals surface area contributed by atoms with Crippen molar-refractivity contribution >= 4 is 5.97 Å². The molecule has 1 aromatic rings. The maximum absolute atomic E-state index is 12.1. The molecule has 0 aliphatic carbocycles. The molecular weight excluding hydrogens is 274 g/mol. The van der Waals surface area contributed by atoms with Crippen LogP contribution in [-0.2, 0) is 16.0 Å². The van der Waals surface area contributed by atoms with Gasteiger partial charge in [-0.1, -0.05) is 29.8 Å². The third-order valence-electron chi connectivity index (χ3n) is 4.67. The Labute approximate surface area is 134 Å². The minimum atomic E-state index is -0.344. The van der Waals surface area contributed by atoms with E-state index in [4.69, 9.17) is 4.74 Å². The van der Waals surface area contributed by atoms with Gasteiger partial charge in [-0.05, 0) is 65.1 Å². The van der Waals surface area contributed by atoms with Crippen LogP contribution in [-0.4, -0.2) is 24.7 Å². The molecule has 22 heavy (non-hydrogen) atoms. The van der Waals surface area contributed by atoms with E-state index in [1.54, 1.807) is 0 Å². The minimum absolute atomic E-state index is 0.0596. The van der Waals surface area contributed by atoms with Crippen molar-refractivity contribution in [1.29, 1.82) is 0 Å². The molecule has 3 heteroatoms. The highest BCUT2D eigenvalue weighted by molar-refractivity contribution is 5.69. The zero-order chi connectivity index (χ0) is 16.0. The summed E-state index contributed by atoms with van der Waals surface area (Å²) in [7, 11) is 0. The molecule has 0 aromatic heterocycles. The first-order valence-electron chi connectivity index (χ1n) is 8.45. The van der Waals surface area contributed by atoms with E-state index < -0.39 is 0 Å². The van der Waals surface area contributed by atoms with Gasteiger partial charge < -0.3 is 10.1 Å². The number of carbonyl (C=O) groups excluding carboxylic acids is 1. The highest BCUT2D eigenvalue weighted by Gasteiger charge is 2.33. The molecule has 0 unspecified atom stereocenters. The van der Waals surface area contributed by atoms with Gasteiger partial charge in [0.25, 0.3) is 0 Å². The molecule has 122 valence electrons. The zero-order valence-corrected chi connectivity index (χ0v) is 14.2. The summed E-state index contributed by atoms with van der Waals surface area (Å²) in [6.45, 7) is 8.25. The third kappa shape index (κ3) is 5.13. The summed E-state index contributed by atoms with van der Waals surface area (Å²) in [5, 5.41) is 3.36. The van der Waals surface area contributed by atoms with E-state index in [2.05, 4.69) is 50.4 Å². The Morgan fingerprint density at radius 1 is 1.23 bits per heavy atom. The summed E-state index contributed by atoms with van der Waals surface area (Å²) in [5.74, 6) is 0.408. The summed E-state index contributed by atoms with van der Waals surface area (Å²) < 4.78 is 5.77. The molecule has 1 heterocycles. The van der Waals surface area contributed by atoms with Crippen molar-refractivity contribution in [2.24, 2.45) is 5.92 Å². The molecule has 0 amide bonds. The molecule has 1 aliphatic heterocycles. The fraction of sp³-hybridized carbons (Fsp3) is 0.632. The van der Waals surface area contributed by atoms with Crippen LogP contribution in [0.3, 0.4) is 0 Å². The van der Waals surface area contributed by atoms with E-state index in [0.29, 0.717) is 12.3 Å². The first-order valence-corrected chi connectivity index (χ1v) is 8.45. The van der Waals surface area contributed by atoms with Crippen LogP contribution in [0.25, 0.3) is 0 Å². The fourth-order valence-electron chi connectivity index (χ4n) is 3.14. The first-order chi connectivity index (χ1) is 10.5. The van der Waals surface area contributed by atoms with Crippen LogP contribution in [0.1, 0.15) is 50.7 Å². The highest BCUT2D eigenvalue weighted by atomic mass is 16.6. The molecule has 0 bridgehead atoms. The van der Waals surface area contributed by atoms with Crippen molar-refractivity contribution < 1.29 is 9.53 Å². The predicted molar refractivity (Wildman–Crippen MR) is 89.9 cm³/mol. The Morgan fingerprint density at radius 3 is 2.50 bits per heavy atom. The van der Waals surface area contributed by atoms with Gasteiger partial charge in [0.15, 0.2) is 0 Å². The Hall–Kier alpha value is -1.35. The van der Waals surface area contributed by atoms with Crippen molar-refractivity contribution in [2.75, 3.05) is 13.1 Å². The quantitative estimate of drug-likeness (QED) is 0.815. The van der Waals surface area contributed by atoms with Gasteiger partial charge in [0.05, 0.1) is 0 Å². The fourth-order valence-corrected chi connectivity index (χ4v) is 3.14. The largest absolute Gasteiger partial charge is 0.459 e. The average molecular weight is 303 g/mol. The molecule has 0 spiro atoms. The Kier molecular flexibility index (Phi) is 6.01. The SMILES string of the molecule is Cc1ccc(CCCC(=O)OC(C)(C)C2CCNCC2)cc1. The zero-order valence-electron chi connectivity index (χ0n) is 14.2. The van der Waals surface area contributed by atoms with Gasteiger partial charge in [-0.3, -0.25) is 4.79 Å². The van der Waals surface area contributed by atoms with Crippen molar-refractivity contribution in [3.8, 4) is 0 Å². The lowest BCUT2D eigenvalue weighted by Crippen LogP contribution is -2.42. The standard InChI is InChI=1S/C19H29NO2/c1-15-7-9-16(10-8-15)5-4-6-18(21)22-19(2,3)17-11-13-20-14-12-17/h7-10,17,20H,4-6,11-14H2,1-3H3. The van der Waals surface area contributed by atoms with E-state index in [1.807, 2.05) is 0 Å². The topological polar surface area (TPSA) is 38.3 Å². The van der Waals surface area contributed by atoms with Crippen molar-refractivity contribution in [2.45, 2.75) is 58.5 Å². The molecule has 3 nitrogen and oxygen atoms in total. The lowest BCUT2D eigenvalue weighted by Gasteiger charge is -2.36. The Morgan fingerprint density at radius 2 is 1.86 bits per heavy atom. The Balaban J connectivity index is 1.73. The summed E-state index contributed by atoms with van der Waals surface area (Å²) in [5.41, 5.74) is 2.21. The van der Waals surface area contributed by atoms with E-state index in [-0.39, 0.29) is 11.6 Å². The van der Waals surface area contributed by atoms with Gasteiger partial charge in [0, 0.05) is 12.3 Å². The van der Waals surface area contributed by atoms with Crippen LogP contribution >= 0.6 is 0 Å². The molecule has 0 saturated carbocycles. The normalized spacial score (nSPS) is 16.5. The van der Waals surface area contributed by atoms with E-state index in [9.17, 15) is 4.79 Å². The van der Waals surface area contributed by atoms with Gasteiger partial charge in [-0.25, -0.2) is 0 Å². The van der Waals surface area contributed by atoms with Gasteiger partial charge in [0.1, 0.15) is 5.60 Å². The monoisotopic (exact) mass is 303 g/mol. The van der Waals surface area contributed by atoms with Crippen LogP contribution in [0.2, 0.25) is 0 Å². The molecular formula is C19H29NO2. The van der Waals surface area contributed by atoms with Crippen LogP contribution in [0.15, 0.2) is 24.3 Å². The summed E-state index contributed by atoms with van der Waals surface area (Å²) in [6, 6.07) is 8.51. The molecule has 0 atom stereocenters. The van der Waals surface area contributed by atoms with Crippen LogP contribution < -0.4 is 5.32 Å². The highest BCUT2D eigenvalue weighted by Crippen LogP contribution is 2.29. The number of aryl methyl sites for hydroxylation is 2. The summed E-state index contributed by atoms with van der Waals surface area (Å²) in [6.07, 6.45) is 4.46. The molecule has 1 aliphatic rings. The minimum Gasteiger partial charge on any atom is -0.459 e. The third-order valence-corrected chi connectivity index (χ3v) is 4.67. The molecule has 0 radical (unpaired) electrons. The number of carbonyl (C=O) groups is 1. The average Bonchev–Trinajstić information content (AvgIpc) is 2.50. The molecule has 1 fully saturated rings. The first kappa shape index (κ1) is 17.0. The number of ether oxygens (including phenoxy) is 1. The van der Waals surface area contributed by atoms with Crippen molar-refractivity contribution in [1.82, 2.24) is 5.32 Å². The molecule has 1 saturated heterocycles. The number of esters is 1. The lowest BCUT2D eigenvalue weighted by atomic mass is 9.83. The molecule has 2 rings (SSSR count). The smallest absolute Gasteiger partial charge is 0.306 e. The second-order valence-electron chi connectivity index (χ2n) is 6.94. The molecule has 1 N–H and O–H groups in total. The van der Waals surface area contributed by atoms with Gasteiger partial charge in [0.2, 0.25) is 0 Å². The van der Waals surface area contributed by atoms with Gasteiger partial charge in [-0.2, -0.15) is 0 Å². The van der Waals surface area contributed by atoms with Crippen LogP contribution in [0.5, 0.6) is 0 Å². The van der Waals surface area contributed by atoms with E-state index in [1.165, 1.54) is 11.1 Å². The second-order valence-corrected chi connectivity index (χ2v) is 6.94. The number of nitrogens with one attached hydrogen (secondary N) is 1. The van der Waals surface area contributed by atoms with Gasteiger partial charge in [-0.15, -0.1) is 0 Å². The van der Waals surface area contributed by atoms with Crippen molar-refractivity contribution in [3.63, 3.8) is 0 Å². The lowest BCUT2D eigenvalue weighted by molar-refractivity contribution is -0.162. The van der Waals surface area contributed by atoms with Gasteiger partial charge >= 0.3 is 5.97 Å². The number of rotatable bonds is 6. The second kappa shape index (κ2) is 7.77. The number of piperidine rings is 1. The van der Waals surface area contributed by atoms with Crippen molar-refractivity contribution in [3.05, 3.63) is 35.4 Å². The molecule has 1 aromatic carbocycles. The van der Waals surface area contributed by atoms with Crippen LogP contribution in [0, 0.1) is 12.8 Å². The summed E-state index contributed by atoms with van der Waals surface area (Å²) >= 11 is 0. The predicted octanol–water partition coefficient (Wildman–Crippen LogP) is 3.64. The number of hydrogen-bond acceptors (Lipinski definition) is 3. The number of benzene rings is 1. The number of hydrogen-bond donors (Lipinski definition) is 1. The van der Waals surface area contributed by atoms with Crippen LogP contribution in [0.4, 0.5) is 0 Å².